The highest BCUT2D eigenvalue weighted by atomic mass is 79.9. The molecule has 0 aliphatic heterocycles. The first-order valence-electron chi connectivity index (χ1n) is 5.73. The van der Waals surface area contributed by atoms with Crippen molar-refractivity contribution in [2.45, 2.75) is 30.4 Å². The number of nitrogens with one attached hydrogen (secondary N) is 1. The Balaban J connectivity index is 2.01. The fourth-order valence-corrected chi connectivity index (χ4v) is 3.54. The van der Waals surface area contributed by atoms with Crippen molar-refractivity contribution >= 4 is 39.5 Å². The molecule has 17 heavy (non-hydrogen) atoms. The van der Waals surface area contributed by atoms with Gasteiger partial charge in [0.05, 0.1) is 0 Å². The summed E-state index contributed by atoms with van der Waals surface area (Å²) >= 11 is 5.27. The van der Waals surface area contributed by atoms with Crippen LogP contribution in [0.1, 0.15) is 25.7 Å². The Labute approximate surface area is 114 Å². The van der Waals surface area contributed by atoms with Gasteiger partial charge in [-0.3, -0.25) is 0 Å². The predicted octanol–water partition coefficient (Wildman–Crippen LogP) is 2.91. The lowest BCUT2D eigenvalue weighted by molar-refractivity contribution is 0.637. The molecule has 1 aliphatic rings. The van der Waals surface area contributed by atoms with Gasteiger partial charge in [-0.1, -0.05) is 12.8 Å². The molecule has 1 aliphatic carbocycles. The molecule has 6 heteroatoms. The zero-order valence-electron chi connectivity index (χ0n) is 9.87. The summed E-state index contributed by atoms with van der Waals surface area (Å²) in [6.07, 6.45) is 7.37. The molecule has 3 N–H and O–H groups in total. The van der Waals surface area contributed by atoms with E-state index in [0.717, 1.165) is 11.1 Å². The van der Waals surface area contributed by atoms with Crippen LogP contribution in [0.25, 0.3) is 0 Å². The van der Waals surface area contributed by atoms with Crippen LogP contribution in [0.5, 0.6) is 0 Å². The molecule has 0 saturated heterocycles. The van der Waals surface area contributed by atoms with E-state index in [1.807, 2.05) is 11.8 Å². The number of anilines is 2. The molecule has 2 rings (SSSR count). The Morgan fingerprint density at radius 2 is 2.18 bits per heavy atom. The maximum absolute atomic E-state index is 5.68. The van der Waals surface area contributed by atoms with Crippen molar-refractivity contribution in [3.63, 3.8) is 0 Å². The van der Waals surface area contributed by atoms with Gasteiger partial charge in [-0.15, -0.1) is 0 Å². The van der Waals surface area contributed by atoms with Crippen LogP contribution in [0, 0.1) is 0 Å². The van der Waals surface area contributed by atoms with E-state index in [4.69, 9.17) is 5.73 Å². The first kappa shape index (κ1) is 13.0. The van der Waals surface area contributed by atoms with Gasteiger partial charge in [0, 0.05) is 17.4 Å². The average molecular weight is 317 g/mol. The summed E-state index contributed by atoms with van der Waals surface area (Å²) in [5.41, 5.74) is 5.68. The Hall–Kier alpha value is -0.490. The van der Waals surface area contributed by atoms with Crippen molar-refractivity contribution in [3.8, 4) is 0 Å². The van der Waals surface area contributed by atoms with E-state index in [0.29, 0.717) is 16.5 Å². The third-order valence-electron chi connectivity index (χ3n) is 3.23. The summed E-state index contributed by atoms with van der Waals surface area (Å²) in [6.45, 7) is 0.907. The number of aromatic nitrogens is 2. The van der Waals surface area contributed by atoms with Gasteiger partial charge in [-0.25, -0.2) is 4.98 Å². The van der Waals surface area contributed by atoms with Crippen molar-refractivity contribution in [3.05, 3.63) is 10.7 Å². The fourth-order valence-electron chi connectivity index (χ4n) is 2.23. The van der Waals surface area contributed by atoms with E-state index >= 15 is 0 Å². The third kappa shape index (κ3) is 3.25. The molecule has 0 bridgehead atoms. The smallest absolute Gasteiger partial charge is 0.225 e. The number of nitrogens with two attached hydrogens (primary N) is 1. The SMILES string of the molecule is CSC1(CNc2nc(N)cc(Br)n2)CCCC1. The van der Waals surface area contributed by atoms with Crippen molar-refractivity contribution in [2.75, 3.05) is 23.9 Å². The molecule has 0 atom stereocenters. The lowest BCUT2D eigenvalue weighted by atomic mass is 10.1. The minimum absolute atomic E-state index is 0.348. The summed E-state index contributed by atoms with van der Waals surface area (Å²) in [7, 11) is 0. The van der Waals surface area contributed by atoms with Crippen LogP contribution in [0.2, 0.25) is 0 Å². The lowest BCUT2D eigenvalue weighted by Gasteiger charge is -2.26. The van der Waals surface area contributed by atoms with Crippen molar-refractivity contribution < 1.29 is 0 Å². The summed E-state index contributed by atoms with van der Waals surface area (Å²) in [5, 5.41) is 3.31. The van der Waals surface area contributed by atoms with Gasteiger partial charge in [-0.2, -0.15) is 16.7 Å². The quantitative estimate of drug-likeness (QED) is 0.836. The van der Waals surface area contributed by atoms with E-state index in [9.17, 15) is 0 Å². The first-order chi connectivity index (χ1) is 8.13. The molecule has 1 aromatic heterocycles. The number of hydrogen-bond donors (Lipinski definition) is 2. The van der Waals surface area contributed by atoms with Gasteiger partial charge < -0.3 is 11.1 Å². The van der Waals surface area contributed by atoms with Gasteiger partial charge in [0.25, 0.3) is 0 Å². The summed E-state index contributed by atoms with van der Waals surface area (Å²) in [6, 6.07) is 1.70. The Kier molecular flexibility index (Phi) is 4.14. The molecule has 94 valence electrons. The Morgan fingerprint density at radius 1 is 1.47 bits per heavy atom. The molecule has 1 heterocycles. The molecule has 1 saturated carbocycles. The van der Waals surface area contributed by atoms with E-state index in [-0.39, 0.29) is 0 Å². The number of rotatable bonds is 4. The molecule has 1 aromatic rings. The van der Waals surface area contributed by atoms with Gasteiger partial charge in [0.15, 0.2) is 0 Å². The van der Waals surface area contributed by atoms with E-state index in [1.54, 1.807) is 6.07 Å². The van der Waals surface area contributed by atoms with Gasteiger partial charge >= 0.3 is 0 Å². The number of thioether (sulfide) groups is 1. The van der Waals surface area contributed by atoms with Crippen LogP contribution in [0.4, 0.5) is 11.8 Å². The molecule has 1 fully saturated rings. The Morgan fingerprint density at radius 3 is 2.76 bits per heavy atom. The zero-order chi connectivity index (χ0) is 12.3. The molecular weight excluding hydrogens is 300 g/mol. The summed E-state index contributed by atoms with van der Waals surface area (Å²) in [5.74, 6) is 1.09. The molecular formula is C11H17BrN4S. The molecule has 0 spiro atoms. The number of hydrogen-bond acceptors (Lipinski definition) is 5. The second-order valence-electron chi connectivity index (χ2n) is 4.39. The maximum atomic E-state index is 5.68. The number of halogens is 1. The lowest BCUT2D eigenvalue weighted by Crippen LogP contribution is -2.30. The van der Waals surface area contributed by atoms with Crippen LogP contribution in [-0.4, -0.2) is 27.5 Å². The second-order valence-corrected chi connectivity index (χ2v) is 6.47. The van der Waals surface area contributed by atoms with Crippen LogP contribution >= 0.6 is 27.7 Å². The summed E-state index contributed by atoms with van der Waals surface area (Å²) in [4.78, 5) is 8.44. The average Bonchev–Trinajstić information content (AvgIpc) is 2.74. The van der Waals surface area contributed by atoms with E-state index < -0.39 is 0 Å². The Bertz CT molecular complexity index is 373. The van der Waals surface area contributed by atoms with Gasteiger partial charge in [0.2, 0.25) is 5.95 Å². The van der Waals surface area contributed by atoms with Gasteiger partial charge in [0.1, 0.15) is 10.4 Å². The highest BCUT2D eigenvalue weighted by Crippen LogP contribution is 2.40. The summed E-state index contributed by atoms with van der Waals surface area (Å²) < 4.78 is 1.07. The van der Waals surface area contributed by atoms with Crippen LogP contribution in [0.15, 0.2) is 10.7 Å². The van der Waals surface area contributed by atoms with E-state index in [1.165, 1.54) is 25.7 Å². The second kappa shape index (κ2) is 5.44. The first-order valence-corrected chi connectivity index (χ1v) is 7.74. The topological polar surface area (TPSA) is 63.8 Å². The van der Waals surface area contributed by atoms with Crippen molar-refractivity contribution in [1.29, 1.82) is 0 Å². The number of nitrogens with zero attached hydrogens (tertiary/aromatic N) is 2. The molecule has 0 unspecified atom stereocenters. The highest BCUT2D eigenvalue weighted by molar-refractivity contribution is 9.10. The standard InChI is InChI=1S/C11H17BrN4S/c1-17-11(4-2-3-5-11)7-14-10-15-8(12)6-9(13)16-10/h6H,2-5,7H2,1H3,(H3,13,14,15,16). The van der Waals surface area contributed by atoms with Gasteiger partial charge in [-0.05, 0) is 35.0 Å². The van der Waals surface area contributed by atoms with E-state index in [2.05, 4.69) is 37.5 Å². The fraction of sp³-hybridized carbons (Fsp3) is 0.636. The molecule has 0 aromatic carbocycles. The highest BCUT2D eigenvalue weighted by Gasteiger charge is 2.32. The normalized spacial score (nSPS) is 18.2. The van der Waals surface area contributed by atoms with Crippen molar-refractivity contribution in [2.24, 2.45) is 0 Å². The molecule has 4 nitrogen and oxygen atoms in total. The largest absolute Gasteiger partial charge is 0.383 e. The monoisotopic (exact) mass is 316 g/mol. The van der Waals surface area contributed by atoms with Crippen LogP contribution in [0.3, 0.4) is 0 Å². The predicted molar refractivity (Wildman–Crippen MR) is 77.3 cm³/mol. The molecule has 0 radical (unpaired) electrons. The molecule has 0 amide bonds. The number of nitrogen functional groups attached to an aromatic ring is 1. The van der Waals surface area contributed by atoms with Crippen molar-refractivity contribution in [1.82, 2.24) is 9.97 Å². The van der Waals surface area contributed by atoms with Crippen LogP contribution in [-0.2, 0) is 0 Å². The third-order valence-corrected chi connectivity index (χ3v) is 5.06. The zero-order valence-corrected chi connectivity index (χ0v) is 12.3. The minimum atomic E-state index is 0.348. The minimum Gasteiger partial charge on any atom is -0.383 e. The van der Waals surface area contributed by atoms with Crippen LogP contribution < -0.4 is 11.1 Å². The maximum Gasteiger partial charge on any atom is 0.225 e.